The Morgan fingerprint density at radius 3 is 2.65 bits per heavy atom. The number of fused-ring (bicyclic) bond motifs is 1. The van der Waals surface area contributed by atoms with E-state index < -0.39 is 0 Å². The van der Waals surface area contributed by atoms with Gasteiger partial charge in [-0.3, -0.25) is 0 Å². The van der Waals surface area contributed by atoms with E-state index in [2.05, 4.69) is 47.5 Å². The van der Waals surface area contributed by atoms with Gasteiger partial charge in [-0.05, 0) is 61.9 Å². The molecule has 2 aromatic rings. The molecular formula is C22H27N3O. The number of hydrogen-bond donors (Lipinski definition) is 1. The molecule has 26 heavy (non-hydrogen) atoms. The smallest absolute Gasteiger partial charge is 0.322 e. The SMILES string of the molecule is Cc1ccc2c(c1)CCN(C(=O)Nc1cccc(N3CCCCC3)c1)C2. The Morgan fingerprint density at radius 1 is 0.962 bits per heavy atom. The number of amides is 2. The molecule has 4 rings (SSSR count). The Bertz CT molecular complexity index is 796. The topological polar surface area (TPSA) is 35.6 Å². The first-order valence-electron chi connectivity index (χ1n) is 9.68. The molecule has 0 radical (unpaired) electrons. The van der Waals surface area contributed by atoms with E-state index in [9.17, 15) is 4.79 Å². The van der Waals surface area contributed by atoms with Gasteiger partial charge in [0.15, 0.2) is 0 Å². The number of carbonyl (C=O) groups excluding carboxylic acids is 1. The van der Waals surface area contributed by atoms with Gasteiger partial charge >= 0.3 is 6.03 Å². The fraction of sp³-hybridized carbons (Fsp3) is 0.409. The highest BCUT2D eigenvalue weighted by Gasteiger charge is 2.21. The Hall–Kier alpha value is -2.49. The van der Waals surface area contributed by atoms with Gasteiger partial charge in [0.25, 0.3) is 0 Å². The zero-order valence-electron chi connectivity index (χ0n) is 15.5. The highest BCUT2D eigenvalue weighted by atomic mass is 16.2. The predicted octanol–water partition coefficient (Wildman–Crippen LogP) is 4.58. The highest BCUT2D eigenvalue weighted by molar-refractivity contribution is 5.90. The van der Waals surface area contributed by atoms with Gasteiger partial charge in [0.2, 0.25) is 0 Å². The van der Waals surface area contributed by atoms with Crippen molar-refractivity contribution < 1.29 is 4.79 Å². The first-order valence-corrected chi connectivity index (χ1v) is 9.68. The van der Waals surface area contributed by atoms with Crippen molar-refractivity contribution in [1.29, 1.82) is 0 Å². The Balaban J connectivity index is 1.43. The lowest BCUT2D eigenvalue weighted by Crippen LogP contribution is -2.39. The summed E-state index contributed by atoms with van der Waals surface area (Å²) < 4.78 is 0. The molecule has 1 fully saturated rings. The molecule has 4 heteroatoms. The summed E-state index contributed by atoms with van der Waals surface area (Å²) in [6, 6.07) is 14.8. The van der Waals surface area contributed by atoms with Crippen LogP contribution in [0.15, 0.2) is 42.5 Å². The van der Waals surface area contributed by atoms with Gasteiger partial charge in [0, 0.05) is 37.6 Å². The van der Waals surface area contributed by atoms with Crippen LogP contribution >= 0.6 is 0 Å². The molecule has 2 aromatic carbocycles. The molecule has 0 aromatic heterocycles. The van der Waals surface area contributed by atoms with E-state index in [4.69, 9.17) is 0 Å². The van der Waals surface area contributed by atoms with E-state index in [1.54, 1.807) is 0 Å². The third-order valence-corrected chi connectivity index (χ3v) is 5.48. The summed E-state index contributed by atoms with van der Waals surface area (Å²) >= 11 is 0. The standard InChI is InChI=1S/C22H27N3O/c1-17-8-9-19-16-25(13-10-18(19)14-17)22(26)23-20-6-5-7-21(15-20)24-11-3-2-4-12-24/h5-9,14-15H,2-4,10-13,16H2,1H3,(H,23,26). The Labute approximate surface area is 155 Å². The average Bonchev–Trinajstić information content (AvgIpc) is 2.68. The highest BCUT2D eigenvalue weighted by Crippen LogP contribution is 2.24. The number of anilines is 2. The maximum Gasteiger partial charge on any atom is 0.322 e. The molecule has 2 heterocycles. The van der Waals surface area contributed by atoms with Gasteiger partial charge in [-0.15, -0.1) is 0 Å². The van der Waals surface area contributed by atoms with Crippen LogP contribution in [0.1, 0.15) is 36.0 Å². The second kappa shape index (κ2) is 7.40. The number of nitrogens with one attached hydrogen (secondary N) is 1. The first-order chi connectivity index (χ1) is 12.7. The minimum absolute atomic E-state index is 0.00739. The molecule has 2 aliphatic rings. The monoisotopic (exact) mass is 349 g/mol. The summed E-state index contributed by atoms with van der Waals surface area (Å²) in [6.07, 6.45) is 4.76. The molecule has 2 aliphatic heterocycles. The maximum atomic E-state index is 12.7. The lowest BCUT2D eigenvalue weighted by molar-refractivity contribution is 0.206. The number of hydrogen-bond acceptors (Lipinski definition) is 2. The molecule has 0 spiro atoms. The van der Waals surface area contributed by atoms with Crippen molar-refractivity contribution in [2.24, 2.45) is 0 Å². The summed E-state index contributed by atoms with van der Waals surface area (Å²) in [6.45, 7) is 5.80. The quantitative estimate of drug-likeness (QED) is 0.862. The van der Waals surface area contributed by atoms with Gasteiger partial charge in [0.05, 0.1) is 0 Å². The van der Waals surface area contributed by atoms with Crippen LogP contribution in [0.25, 0.3) is 0 Å². The molecule has 0 aliphatic carbocycles. The van der Waals surface area contributed by atoms with Crippen LogP contribution in [0.3, 0.4) is 0 Å². The van der Waals surface area contributed by atoms with E-state index in [-0.39, 0.29) is 6.03 Å². The first kappa shape index (κ1) is 17.0. The molecule has 1 saturated heterocycles. The van der Waals surface area contributed by atoms with Crippen molar-refractivity contribution >= 4 is 17.4 Å². The molecule has 0 bridgehead atoms. The van der Waals surface area contributed by atoms with Gasteiger partial charge in [0.1, 0.15) is 0 Å². The van der Waals surface area contributed by atoms with Gasteiger partial charge in [-0.2, -0.15) is 0 Å². The van der Waals surface area contributed by atoms with Crippen molar-refractivity contribution in [3.63, 3.8) is 0 Å². The van der Waals surface area contributed by atoms with E-state index in [1.807, 2.05) is 17.0 Å². The van der Waals surface area contributed by atoms with Gasteiger partial charge in [-0.1, -0.05) is 29.8 Å². The second-order valence-electron chi connectivity index (χ2n) is 7.47. The number of piperidine rings is 1. The van der Waals surface area contributed by atoms with E-state index in [1.165, 1.54) is 41.6 Å². The molecule has 1 N–H and O–H groups in total. The zero-order chi connectivity index (χ0) is 17.9. The normalized spacial score (nSPS) is 17.0. The molecule has 0 unspecified atom stereocenters. The fourth-order valence-electron chi connectivity index (χ4n) is 3.99. The second-order valence-corrected chi connectivity index (χ2v) is 7.47. The third-order valence-electron chi connectivity index (χ3n) is 5.48. The van der Waals surface area contributed by atoms with Crippen LogP contribution in [-0.4, -0.2) is 30.6 Å². The van der Waals surface area contributed by atoms with Crippen molar-refractivity contribution in [3.8, 4) is 0 Å². The lowest BCUT2D eigenvalue weighted by atomic mass is 9.98. The number of aryl methyl sites for hydroxylation is 1. The minimum Gasteiger partial charge on any atom is -0.371 e. The molecular weight excluding hydrogens is 322 g/mol. The van der Waals surface area contributed by atoms with Crippen LogP contribution in [-0.2, 0) is 13.0 Å². The van der Waals surface area contributed by atoms with Crippen molar-refractivity contribution in [1.82, 2.24) is 4.90 Å². The van der Waals surface area contributed by atoms with Crippen molar-refractivity contribution in [2.75, 3.05) is 29.9 Å². The lowest BCUT2D eigenvalue weighted by Gasteiger charge is -2.30. The Kier molecular flexibility index (Phi) is 4.83. The van der Waals surface area contributed by atoms with Gasteiger partial charge in [-0.25, -0.2) is 4.79 Å². The van der Waals surface area contributed by atoms with Crippen LogP contribution in [0.5, 0.6) is 0 Å². The number of nitrogens with zero attached hydrogens (tertiary/aromatic N) is 2. The third kappa shape index (κ3) is 3.69. The molecule has 4 nitrogen and oxygen atoms in total. The average molecular weight is 349 g/mol. The zero-order valence-corrected chi connectivity index (χ0v) is 15.5. The van der Waals surface area contributed by atoms with Crippen molar-refractivity contribution in [3.05, 3.63) is 59.2 Å². The van der Waals surface area contributed by atoms with Crippen LogP contribution in [0.2, 0.25) is 0 Å². The predicted molar refractivity (Wildman–Crippen MR) is 107 cm³/mol. The number of benzene rings is 2. The number of carbonyl (C=O) groups is 1. The van der Waals surface area contributed by atoms with E-state index >= 15 is 0 Å². The van der Waals surface area contributed by atoms with Crippen molar-refractivity contribution in [2.45, 2.75) is 39.2 Å². The van der Waals surface area contributed by atoms with E-state index in [0.717, 1.165) is 31.7 Å². The van der Waals surface area contributed by atoms with Gasteiger partial charge < -0.3 is 15.1 Å². The number of urea groups is 1. The summed E-state index contributed by atoms with van der Waals surface area (Å²) in [4.78, 5) is 17.1. The maximum absolute atomic E-state index is 12.7. The fourth-order valence-corrected chi connectivity index (χ4v) is 3.99. The number of rotatable bonds is 2. The summed E-state index contributed by atoms with van der Waals surface area (Å²) in [5.41, 5.74) is 6.02. The van der Waals surface area contributed by atoms with E-state index in [0.29, 0.717) is 6.54 Å². The molecule has 0 saturated carbocycles. The summed E-state index contributed by atoms with van der Waals surface area (Å²) in [7, 11) is 0. The molecule has 0 atom stereocenters. The van der Waals surface area contributed by atoms with Crippen LogP contribution in [0, 0.1) is 6.92 Å². The summed E-state index contributed by atoms with van der Waals surface area (Å²) in [5, 5.41) is 3.09. The van der Waals surface area contributed by atoms with Crippen LogP contribution < -0.4 is 10.2 Å². The Morgan fingerprint density at radius 2 is 1.81 bits per heavy atom. The summed E-state index contributed by atoms with van der Waals surface area (Å²) in [5.74, 6) is 0. The molecule has 2 amide bonds. The molecule has 136 valence electrons. The van der Waals surface area contributed by atoms with Crippen LogP contribution in [0.4, 0.5) is 16.2 Å². The largest absolute Gasteiger partial charge is 0.371 e. The minimum atomic E-state index is -0.00739.